The van der Waals surface area contributed by atoms with Crippen LogP contribution in [0.3, 0.4) is 0 Å². The summed E-state index contributed by atoms with van der Waals surface area (Å²) < 4.78 is 5.21. The lowest BCUT2D eigenvalue weighted by atomic mass is 10.2. The maximum atomic E-state index is 5.84. The predicted molar refractivity (Wildman–Crippen MR) is 80.9 cm³/mol. The molecule has 0 aliphatic heterocycles. The van der Waals surface area contributed by atoms with Crippen LogP contribution in [0.5, 0.6) is 5.75 Å². The Morgan fingerprint density at radius 3 is 2.84 bits per heavy atom. The van der Waals surface area contributed by atoms with Crippen molar-refractivity contribution < 1.29 is 4.74 Å². The summed E-state index contributed by atoms with van der Waals surface area (Å²) in [6.45, 7) is 4.23. The third-order valence-corrected chi connectivity index (χ3v) is 4.16. The van der Waals surface area contributed by atoms with Crippen LogP contribution >= 0.6 is 11.3 Å². The molecule has 0 aliphatic carbocycles. The Kier molecular flexibility index (Phi) is 4.27. The molecule has 1 atom stereocenters. The first-order valence-corrected chi connectivity index (χ1v) is 7.09. The van der Waals surface area contributed by atoms with E-state index in [4.69, 9.17) is 10.5 Å². The van der Waals surface area contributed by atoms with Crippen molar-refractivity contribution in [1.82, 2.24) is 4.98 Å². The number of nitrogens with zero attached hydrogens (tertiary/aromatic N) is 1. The highest BCUT2D eigenvalue weighted by Gasteiger charge is 2.10. The zero-order chi connectivity index (χ0) is 13.8. The molecule has 0 saturated heterocycles. The van der Waals surface area contributed by atoms with E-state index in [-0.39, 0.29) is 6.04 Å². The molecule has 0 aliphatic rings. The highest BCUT2D eigenvalue weighted by atomic mass is 32.1. The number of nitrogens with one attached hydrogen (secondary N) is 1. The largest absolute Gasteiger partial charge is 0.497 e. The third kappa shape index (κ3) is 3.38. The zero-order valence-corrected chi connectivity index (χ0v) is 12.3. The van der Waals surface area contributed by atoms with Gasteiger partial charge in [-0.15, -0.1) is 11.3 Å². The van der Waals surface area contributed by atoms with E-state index < -0.39 is 0 Å². The van der Waals surface area contributed by atoms with E-state index in [2.05, 4.69) is 24.1 Å². The third-order valence-electron chi connectivity index (χ3n) is 2.84. The molecule has 0 amide bonds. The number of nitrogen functional groups attached to an aromatic ring is 1. The van der Waals surface area contributed by atoms with Crippen LogP contribution in [-0.4, -0.2) is 12.1 Å². The van der Waals surface area contributed by atoms with E-state index in [0.29, 0.717) is 5.69 Å². The minimum absolute atomic E-state index is 0.150. The van der Waals surface area contributed by atoms with Crippen LogP contribution < -0.4 is 15.8 Å². The molecular formula is C14H19N3OS. The summed E-state index contributed by atoms with van der Waals surface area (Å²) in [5, 5.41) is 4.48. The van der Waals surface area contributed by atoms with Crippen molar-refractivity contribution in [3.63, 3.8) is 0 Å². The first-order chi connectivity index (χ1) is 9.12. The summed E-state index contributed by atoms with van der Waals surface area (Å²) in [4.78, 5) is 5.74. The van der Waals surface area contributed by atoms with E-state index in [0.717, 1.165) is 22.9 Å². The number of hydrogen-bond acceptors (Lipinski definition) is 5. The van der Waals surface area contributed by atoms with Gasteiger partial charge in [-0.05, 0) is 19.4 Å². The molecule has 3 N–H and O–H groups in total. The molecule has 19 heavy (non-hydrogen) atoms. The van der Waals surface area contributed by atoms with E-state index in [1.54, 1.807) is 24.5 Å². The minimum Gasteiger partial charge on any atom is -0.497 e. The Hall–Kier alpha value is -1.75. The van der Waals surface area contributed by atoms with E-state index in [9.17, 15) is 0 Å². The molecule has 102 valence electrons. The van der Waals surface area contributed by atoms with Crippen molar-refractivity contribution in [2.24, 2.45) is 0 Å². The molecule has 2 aromatic rings. The molecule has 1 heterocycles. The van der Waals surface area contributed by atoms with Crippen LogP contribution in [0.15, 0.2) is 24.4 Å². The van der Waals surface area contributed by atoms with Gasteiger partial charge in [0.2, 0.25) is 0 Å². The topological polar surface area (TPSA) is 60.2 Å². The Morgan fingerprint density at radius 2 is 2.21 bits per heavy atom. The van der Waals surface area contributed by atoms with Gasteiger partial charge in [-0.1, -0.05) is 6.92 Å². The van der Waals surface area contributed by atoms with Crippen molar-refractivity contribution in [2.45, 2.75) is 26.3 Å². The number of thiazole rings is 1. The SMILES string of the molecule is CCc1cnc(C(C)Nc2cc(N)cc(OC)c2)s1. The summed E-state index contributed by atoms with van der Waals surface area (Å²) >= 11 is 1.74. The van der Waals surface area contributed by atoms with Crippen LogP contribution in [0, 0.1) is 0 Å². The van der Waals surface area contributed by atoms with Crippen LogP contribution in [0.1, 0.15) is 29.8 Å². The average Bonchev–Trinajstić information content (AvgIpc) is 2.86. The number of hydrogen-bond donors (Lipinski definition) is 2. The molecule has 1 aromatic heterocycles. The van der Waals surface area contributed by atoms with Gasteiger partial charge in [0.05, 0.1) is 13.2 Å². The quantitative estimate of drug-likeness (QED) is 0.822. The molecule has 0 fully saturated rings. The second kappa shape index (κ2) is 5.93. The number of rotatable bonds is 5. The monoisotopic (exact) mass is 277 g/mol. The maximum Gasteiger partial charge on any atom is 0.122 e. The Bertz CT molecular complexity index is 553. The number of anilines is 2. The highest BCUT2D eigenvalue weighted by molar-refractivity contribution is 7.11. The predicted octanol–water partition coefficient (Wildman–Crippen LogP) is 3.47. The van der Waals surface area contributed by atoms with Gasteiger partial charge in [-0.2, -0.15) is 0 Å². The fourth-order valence-electron chi connectivity index (χ4n) is 1.82. The van der Waals surface area contributed by atoms with Crippen LogP contribution in [0.4, 0.5) is 11.4 Å². The number of methoxy groups -OCH3 is 1. The van der Waals surface area contributed by atoms with Crippen molar-refractivity contribution in [2.75, 3.05) is 18.2 Å². The molecule has 0 bridgehead atoms. The fourth-order valence-corrected chi connectivity index (χ4v) is 2.68. The molecule has 0 radical (unpaired) electrons. The number of aryl methyl sites for hydroxylation is 1. The number of benzene rings is 1. The van der Waals surface area contributed by atoms with Gasteiger partial charge < -0.3 is 15.8 Å². The summed E-state index contributed by atoms with van der Waals surface area (Å²) in [6, 6.07) is 5.78. The maximum absolute atomic E-state index is 5.84. The molecule has 0 spiro atoms. The van der Waals surface area contributed by atoms with Crippen LogP contribution in [0.2, 0.25) is 0 Å². The van der Waals surface area contributed by atoms with E-state index in [1.165, 1.54) is 4.88 Å². The van der Waals surface area contributed by atoms with Crippen LogP contribution in [-0.2, 0) is 6.42 Å². The lowest BCUT2D eigenvalue weighted by Gasteiger charge is -2.14. The Labute approximate surface area is 117 Å². The molecule has 5 heteroatoms. The van der Waals surface area contributed by atoms with Crippen LogP contribution in [0.25, 0.3) is 0 Å². The smallest absolute Gasteiger partial charge is 0.122 e. The lowest BCUT2D eigenvalue weighted by Crippen LogP contribution is -2.06. The summed E-state index contributed by atoms with van der Waals surface area (Å²) in [5.74, 6) is 0.753. The molecule has 0 saturated carbocycles. The van der Waals surface area contributed by atoms with E-state index >= 15 is 0 Å². The zero-order valence-electron chi connectivity index (χ0n) is 11.4. The Balaban J connectivity index is 2.13. The standard InChI is InChI=1S/C14H19N3OS/c1-4-13-8-16-14(19-13)9(2)17-11-5-10(15)6-12(7-11)18-3/h5-9,17H,4,15H2,1-3H3. The van der Waals surface area contributed by atoms with Crippen molar-refractivity contribution in [3.05, 3.63) is 34.3 Å². The first kappa shape index (κ1) is 13.7. The second-order valence-electron chi connectivity index (χ2n) is 4.38. The van der Waals surface area contributed by atoms with Gasteiger partial charge in [0, 0.05) is 34.6 Å². The molecule has 2 rings (SSSR count). The fraction of sp³-hybridized carbons (Fsp3) is 0.357. The van der Waals surface area contributed by atoms with Crippen molar-refractivity contribution in [3.8, 4) is 5.75 Å². The molecule has 1 unspecified atom stereocenters. The first-order valence-electron chi connectivity index (χ1n) is 6.28. The second-order valence-corrected chi connectivity index (χ2v) is 5.53. The van der Waals surface area contributed by atoms with Crippen molar-refractivity contribution >= 4 is 22.7 Å². The van der Waals surface area contributed by atoms with Gasteiger partial charge in [0.15, 0.2) is 0 Å². The number of nitrogens with two attached hydrogens (primary N) is 1. The van der Waals surface area contributed by atoms with Crippen molar-refractivity contribution in [1.29, 1.82) is 0 Å². The van der Waals surface area contributed by atoms with Gasteiger partial charge in [0.1, 0.15) is 10.8 Å². The lowest BCUT2D eigenvalue weighted by molar-refractivity contribution is 0.415. The Morgan fingerprint density at radius 1 is 1.42 bits per heavy atom. The van der Waals surface area contributed by atoms with E-state index in [1.807, 2.05) is 18.3 Å². The van der Waals surface area contributed by atoms with Gasteiger partial charge in [0.25, 0.3) is 0 Å². The normalized spacial score (nSPS) is 12.2. The highest BCUT2D eigenvalue weighted by Crippen LogP contribution is 2.27. The van der Waals surface area contributed by atoms with Gasteiger partial charge in [-0.25, -0.2) is 4.98 Å². The number of aromatic nitrogens is 1. The summed E-state index contributed by atoms with van der Waals surface area (Å²) in [6.07, 6.45) is 2.97. The summed E-state index contributed by atoms with van der Waals surface area (Å²) in [5.41, 5.74) is 7.47. The van der Waals surface area contributed by atoms with Gasteiger partial charge in [-0.3, -0.25) is 0 Å². The molecule has 4 nitrogen and oxygen atoms in total. The number of ether oxygens (including phenoxy) is 1. The summed E-state index contributed by atoms with van der Waals surface area (Å²) in [7, 11) is 1.64. The molecular weight excluding hydrogens is 258 g/mol. The van der Waals surface area contributed by atoms with Gasteiger partial charge >= 0.3 is 0 Å². The molecule has 1 aromatic carbocycles. The average molecular weight is 277 g/mol. The minimum atomic E-state index is 0.150.